The Morgan fingerprint density at radius 1 is 1.30 bits per heavy atom. The average molecular weight is 289 g/mol. The number of aromatic nitrogens is 5. The summed E-state index contributed by atoms with van der Waals surface area (Å²) in [5.74, 6) is 0.896. The SMILES string of the molecule is Cc1nc(C)c(C(C)Nc2nc(N)nc3[nH]ncc23)s1. The van der Waals surface area contributed by atoms with Crippen molar-refractivity contribution < 1.29 is 0 Å². The van der Waals surface area contributed by atoms with Gasteiger partial charge in [-0.3, -0.25) is 5.10 Å². The van der Waals surface area contributed by atoms with E-state index in [0.717, 1.165) is 16.1 Å². The van der Waals surface area contributed by atoms with Gasteiger partial charge in [-0.25, -0.2) is 4.98 Å². The second kappa shape index (κ2) is 4.71. The van der Waals surface area contributed by atoms with Crippen LogP contribution in [-0.2, 0) is 0 Å². The molecule has 0 saturated carbocycles. The number of nitrogens with zero attached hydrogens (tertiary/aromatic N) is 4. The Balaban J connectivity index is 1.96. The molecule has 4 N–H and O–H groups in total. The summed E-state index contributed by atoms with van der Waals surface area (Å²) in [6.07, 6.45) is 1.69. The molecule has 3 aromatic heterocycles. The number of hydrogen-bond acceptors (Lipinski definition) is 7. The van der Waals surface area contributed by atoms with Crippen LogP contribution in [0.15, 0.2) is 6.20 Å². The number of aromatic amines is 1. The lowest BCUT2D eigenvalue weighted by atomic mass is 10.2. The van der Waals surface area contributed by atoms with Crippen LogP contribution < -0.4 is 11.1 Å². The first-order valence-corrected chi connectivity index (χ1v) is 7.03. The quantitative estimate of drug-likeness (QED) is 0.682. The van der Waals surface area contributed by atoms with Crippen molar-refractivity contribution >= 4 is 34.1 Å². The van der Waals surface area contributed by atoms with Gasteiger partial charge in [0.05, 0.1) is 28.3 Å². The van der Waals surface area contributed by atoms with Crippen LogP contribution in [-0.4, -0.2) is 25.1 Å². The Bertz CT molecular complexity index is 760. The minimum Gasteiger partial charge on any atom is -0.368 e. The summed E-state index contributed by atoms with van der Waals surface area (Å²) in [4.78, 5) is 14.0. The first-order chi connectivity index (χ1) is 9.54. The zero-order chi connectivity index (χ0) is 14.3. The van der Waals surface area contributed by atoms with Crippen molar-refractivity contribution in [3.05, 3.63) is 21.8 Å². The molecule has 7 nitrogen and oxygen atoms in total. The fourth-order valence-corrected chi connectivity index (χ4v) is 3.11. The molecule has 0 aromatic carbocycles. The largest absolute Gasteiger partial charge is 0.368 e. The van der Waals surface area contributed by atoms with E-state index in [-0.39, 0.29) is 12.0 Å². The highest BCUT2D eigenvalue weighted by Gasteiger charge is 2.16. The molecule has 0 aliphatic heterocycles. The summed E-state index contributed by atoms with van der Waals surface area (Å²) in [5, 5.41) is 12.0. The first-order valence-electron chi connectivity index (χ1n) is 6.21. The van der Waals surface area contributed by atoms with Crippen molar-refractivity contribution in [1.82, 2.24) is 25.1 Å². The van der Waals surface area contributed by atoms with Gasteiger partial charge >= 0.3 is 0 Å². The Hall–Kier alpha value is -2.22. The van der Waals surface area contributed by atoms with Crippen molar-refractivity contribution in [1.29, 1.82) is 0 Å². The van der Waals surface area contributed by atoms with E-state index in [1.807, 2.05) is 13.8 Å². The highest BCUT2D eigenvalue weighted by molar-refractivity contribution is 7.11. The molecule has 0 spiro atoms. The van der Waals surface area contributed by atoms with Gasteiger partial charge in [0.25, 0.3) is 0 Å². The summed E-state index contributed by atoms with van der Waals surface area (Å²) in [6, 6.07) is 0.0913. The third-order valence-electron chi connectivity index (χ3n) is 3.01. The van der Waals surface area contributed by atoms with Crippen LogP contribution in [0.25, 0.3) is 11.0 Å². The fraction of sp³-hybridized carbons (Fsp3) is 0.333. The molecule has 3 aromatic rings. The summed E-state index contributed by atoms with van der Waals surface area (Å²) < 4.78 is 0. The lowest BCUT2D eigenvalue weighted by molar-refractivity contribution is 0.882. The van der Waals surface area contributed by atoms with Crippen LogP contribution in [0.4, 0.5) is 11.8 Å². The molecular formula is C12H15N7S. The van der Waals surface area contributed by atoms with Gasteiger partial charge in [-0.05, 0) is 20.8 Å². The van der Waals surface area contributed by atoms with Crippen LogP contribution in [0.5, 0.6) is 0 Å². The maximum absolute atomic E-state index is 5.71. The molecule has 0 aliphatic carbocycles. The molecule has 0 aliphatic rings. The van der Waals surface area contributed by atoms with Crippen molar-refractivity contribution in [3.8, 4) is 0 Å². The van der Waals surface area contributed by atoms with Crippen molar-refractivity contribution in [3.63, 3.8) is 0 Å². The predicted octanol–water partition coefficient (Wildman–Crippen LogP) is 2.18. The third kappa shape index (κ3) is 2.18. The van der Waals surface area contributed by atoms with Gasteiger partial charge in [-0.1, -0.05) is 0 Å². The summed E-state index contributed by atoms with van der Waals surface area (Å²) >= 11 is 1.68. The van der Waals surface area contributed by atoms with Crippen molar-refractivity contribution in [2.24, 2.45) is 0 Å². The third-order valence-corrected chi connectivity index (χ3v) is 4.27. The van der Waals surface area contributed by atoms with Gasteiger partial charge < -0.3 is 11.1 Å². The van der Waals surface area contributed by atoms with Gasteiger partial charge in [-0.2, -0.15) is 15.1 Å². The number of thiazole rings is 1. The second-order valence-corrected chi connectivity index (χ2v) is 5.85. The number of nitrogens with one attached hydrogen (secondary N) is 2. The summed E-state index contributed by atoms with van der Waals surface area (Å²) in [6.45, 7) is 6.09. The molecule has 1 unspecified atom stereocenters. The van der Waals surface area contributed by atoms with Gasteiger partial charge in [0.1, 0.15) is 5.82 Å². The molecule has 3 heterocycles. The van der Waals surface area contributed by atoms with E-state index in [0.29, 0.717) is 11.5 Å². The maximum atomic E-state index is 5.71. The number of H-pyrrole nitrogens is 1. The highest BCUT2D eigenvalue weighted by atomic mass is 32.1. The predicted molar refractivity (Wildman–Crippen MR) is 79.7 cm³/mol. The molecule has 0 bridgehead atoms. The van der Waals surface area contributed by atoms with Crippen LogP contribution in [0, 0.1) is 13.8 Å². The lowest BCUT2D eigenvalue weighted by Crippen LogP contribution is -2.09. The molecule has 0 saturated heterocycles. The molecular weight excluding hydrogens is 274 g/mol. The Labute approximate surface area is 119 Å². The Morgan fingerprint density at radius 3 is 2.80 bits per heavy atom. The number of hydrogen-bond donors (Lipinski definition) is 3. The van der Waals surface area contributed by atoms with E-state index in [2.05, 4.69) is 37.4 Å². The van der Waals surface area contributed by atoms with E-state index >= 15 is 0 Å². The molecule has 0 radical (unpaired) electrons. The first kappa shape index (κ1) is 12.8. The van der Waals surface area contributed by atoms with Crippen LogP contribution in [0.3, 0.4) is 0 Å². The van der Waals surface area contributed by atoms with E-state index in [9.17, 15) is 0 Å². The van der Waals surface area contributed by atoms with Gasteiger partial charge in [0.2, 0.25) is 5.95 Å². The number of nitrogens with two attached hydrogens (primary N) is 1. The molecule has 1 atom stereocenters. The minimum absolute atomic E-state index is 0.0913. The van der Waals surface area contributed by atoms with Crippen LogP contribution in [0.1, 0.15) is 28.5 Å². The van der Waals surface area contributed by atoms with Gasteiger partial charge in [0, 0.05) is 4.88 Å². The number of nitrogen functional groups attached to an aromatic ring is 1. The molecule has 0 amide bonds. The number of anilines is 2. The van der Waals surface area contributed by atoms with E-state index in [4.69, 9.17) is 5.73 Å². The standard InChI is InChI=1S/C12H15N7S/c1-5-9(20-7(3)15-5)6(2)16-10-8-4-14-19-11(8)18-12(13)17-10/h4,6H,1-3H3,(H4,13,14,16,17,18,19). The van der Waals surface area contributed by atoms with Gasteiger partial charge in [0.15, 0.2) is 5.65 Å². The number of rotatable bonds is 3. The number of aryl methyl sites for hydroxylation is 2. The van der Waals surface area contributed by atoms with E-state index in [1.54, 1.807) is 17.5 Å². The smallest absolute Gasteiger partial charge is 0.224 e. The topological polar surface area (TPSA) is 105 Å². The summed E-state index contributed by atoms with van der Waals surface area (Å²) in [7, 11) is 0. The number of fused-ring (bicyclic) bond motifs is 1. The average Bonchev–Trinajstić information content (AvgIpc) is 2.95. The fourth-order valence-electron chi connectivity index (χ4n) is 2.18. The second-order valence-electron chi connectivity index (χ2n) is 4.61. The zero-order valence-corrected chi connectivity index (χ0v) is 12.2. The van der Waals surface area contributed by atoms with E-state index in [1.165, 1.54) is 4.88 Å². The normalized spacial score (nSPS) is 12.8. The Morgan fingerprint density at radius 2 is 2.10 bits per heavy atom. The lowest BCUT2D eigenvalue weighted by Gasteiger charge is -2.14. The van der Waals surface area contributed by atoms with Gasteiger partial charge in [-0.15, -0.1) is 11.3 Å². The molecule has 8 heteroatoms. The molecule has 3 rings (SSSR count). The maximum Gasteiger partial charge on any atom is 0.224 e. The molecule has 0 fully saturated rings. The Kier molecular flexibility index (Phi) is 3.01. The van der Waals surface area contributed by atoms with Crippen LogP contribution >= 0.6 is 11.3 Å². The van der Waals surface area contributed by atoms with Crippen LogP contribution in [0.2, 0.25) is 0 Å². The summed E-state index contributed by atoms with van der Waals surface area (Å²) in [5.41, 5.74) is 7.38. The highest BCUT2D eigenvalue weighted by Crippen LogP contribution is 2.29. The molecule has 20 heavy (non-hydrogen) atoms. The zero-order valence-electron chi connectivity index (χ0n) is 11.4. The van der Waals surface area contributed by atoms with E-state index < -0.39 is 0 Å². The van der Waals surface area contributed by atoms with Crippen molar-refractivity contribution in [2.45, 2.75) is 26.8 Å². The monoisotopic (exact) mass is 289 g/mol. The van der Waals surface area contributed by atoms with Crippen molar-refractivity contribution in [2.75, 3.05) is 11.1 Å². The molecule has 104 valence electrons. The minimum atomic E-state index is 0.0913.